The van der Waals surface area contributed by atoms with Gasteiger partial charge in [-0.15, -0.1) is 0 Å². The van der Waals surface area contributed by atoms with Gasteiger partial charge in [-0.2, -0.15) is 0 Å². The molecule has 0 unspecified atom stereocenters. The van der Waals surface area contributed by atoms with Crippen LogP contribution in [0.25, 0.3) is 0 Å². The monoisotopic (exact) mass is 164 g/mol. The molecule has 0 heterocycles. The number of hydrogen-bond acceptors (Lipinski definition) is 3. The van der Waals surface area contributed by atoms with Gasteiger partial charge in [0.2, 0.25) is 0 Å². The van der Waals surface area contributed by atoms with Gasteiger partial charge in [0.25, 0.3) is 0 Å². The third kappa shape index (κ3) is 4.93. The molecule has 0 saturated carbocycles. The van der Waals surface area contributed by atoms with Crippen molar-refractivity contribution >= 4 is 9.76 Å². The summed E-state index contributed by atoms with van der Waals surface area (Å²) in [5, 5.41) is 0. The Labute approximate surface area is 64.6 Å². The summed E-state index contributed by atoms with van der Waals surface area (Å²) in [7, 11) is 2.93. The minimum absolute atomic E-state index is 0.181. The van der Waals surface area contributed by atoms with Crippen LogP contribution in [-0.4, -0.2) is 36.9 Å². The number of rotatable bonds is 6. The van der Waals surface area contributed by atoms with Crippen LogP contribution in [0.4, 0.5) is 0 Å². The molecule has 0 aliphatic rings. The second kappa shape index (κ2) is 7.21. The van der Waals surface area contributed by atoms with Gasteiger partial charge in [0.15, 0.2) is 16.1 Å². The molecule has 0 N–H and O–H groups in total. The summed E-state index contributed by atoms with van der Waals surface area (Å²) in [6.07, 6.45) is -0.181. The van der Waals surface area contributed by atoms with Gasteiger partial charge in [-0.05, 0) is 6.04 Å². The summed E-state index contributed by atoms with van der Waals surface area (Å²) in [4.78, 5) is 0. The number of methoxy groups -OCH3 is 2. The van der Waals surface area contributed by atoms with E-state index in [9.17, 15) is 0 Å². The maximum absolute atomic E-state index is 5.32. The van der Waals surface area contributed by atoms with Gasteiger partial charge in [-0.25, -0.2) is 0 Å². The second-order valence-corrected chi connectivity index (χ2v) is 3.79. The highest BCUT2D eigenvalue weighted by atomic mass is 28.2. The van der Waals surface area contributed by atoms with Gasteiger partial charge >= 0.3 is 0 Å². The van der Waals surface area contributed by atoms with Crippen LogP contribution in [0.1, 0.15) is 6.92 Å². The molecule has 0 radical (unpaired) electrons. The summed E-state index contributed by atoms with van der Waals surface area (Å²) >= 11 is 0. The summed E-state index contributed by atoms with van der Waals surface area (Å²) in [6, 6.07) is 1.17. The van der Waals surface area contributed by atoms with Gasteiger partial charge in [-0.3, -0.25) is 0 Å². The Kier molecular flexibility index (Phi) is 7.28. The first-order valence-corrected chi connectivity index (χ1v) is 5.06. The molecule has 0 bridgehead atoms. The average molecular weight is 164 g/mol. The molecule has 0 saturated heterocycles. The predicted octanol–water partition coefficient (Wildman–Crippen LogP) is 0.144. The van der Waals surface area contributed by atoms with Crippen LogP contribution in [-0.2, 0) is 13.9 Å². The predicted molar refractivity (Wildman–Crippen MR) is 42.8 cm³/mol. The van der Waals surface area contributed by atoms with Crippen molar-refractivity contribution in [3.8, 4) is 0 Å². The minimum atomic E-state index is -0.300. The Morgan fingerprint density at radius 3 is 2.30 bits per heavy atom. The zero-order valence-electron chi connectivity index (χ0n) is 6.92. The SMILES string of the molecule is CC[SiH2]OCC(OC)OC. The molecule has 3 nitrogen and oxygen atoms in total. The summed E-state index contributed by atoms with van der Waals surface area (Å²) in [5.41, 5.74) is 0. The fourth-order valence-corrected chi connectivity index (χ4v) is 1.20. The Hall–Kier alpha value is 0.0969. The first kappa shape index (κ1) is 10.1. The van der Waals surface area contributed by atoms with Crippen molar-refractivity contribution in [2.75, 3.05) is 20.8 Å². The van der Waals surface area contributed by atoms with Crippen LogP contribution in [0.3, 0.4) is 0 Å². The van der Waals surface area contributed by atoms with Gasteiger partial charge in [0.05, 0.1) is 6.61 Å². The zero-order valence-corrected chi connectivity index (χ0v) is 8.34. The Morgan fingerprint density at radius 1 is 1.30 bits per heavy atom. The molecule has 0 atom stereocenters. The van der Waals surface area contributed by atoms with E-state index in [0.29, 0.717) is 6.61 Å². The van der Waals surface area contributed by atoms with Gasteiger partial charge in [0.1, 0.15) is 0 Å². The van der Waals surface area contributed by atoms with E-state index in [0.717, 1.165) is 0 Å². The molecule has 0 aromatic heterocycles. The standard InChI is InChI=1S/C6H16O3Si/c1-4-10-9-5-6(7-2)8-3/h6H,4-5,10H2,1-3H3. The quantitative estimate of drug-likeness (QED) is 0.317. The van der Waals surface area contributed by atoms with Crippen molar-refractivity contribution in [3.63, 3.8) is 0 Å². The first-order chi connectivity index (χ1) is 4.85. The molecule has 4 heteroatoms. The van der Waals surface area contributed by atoms with Crippen molar-refractivity contribution in [2.45, 2.75) is 19.3 Å². The van der Waals surface area contributed by atoms with E-state index in [4.69, 9.17) is 13.9 Å². The Balaban J connectivity index is 3.09. The lowest BCUT2D eigenvalue weighted by atomic mass is 10.7. The van der Waals surface area contributed by atoms with Crippen molar-refractivity contribution in [1.29, 1.82) is 0 Å². The molecule has 0 spiro atoms. The molecule has 0 aliphatic carbocycles. The third-order valence-corrected chi connectivity index (χ3v) is 2.06. The lowest BCUT2D eigenvalue weighted by Crippen LogP contribution is -2.21. The topological polar surface area (TPSA) is 27.7 Å². The molecular weight excluding hydrogens is 148 g/mol. The highest BCUT2D eigenvalue weighted by Gasteiger charge is 2.02. The summed E-state index contributed by atoms with van der Waals surface area (Å²) < 4.78 is 15.2. The fraction of sp³-hybridized carbons (Fsp3) is 1.00. The molecule has 0 aliphatic heterocycles. The highest BCUT2D eigenvalue weighted by molar-refractivity contribution is 6.26. The molecule has 0 aromatic carbocycles. The smallest absolute Gasteiger partial charge is 0.178 e. The highest BCUT2D eigenvalue weighted by Crippen LogP contribution is 1.91. The van der Waals surface area contributed by atoms with Crippen LogP contribution in [0.5, 0.6) is 0 Å². The van der Waals surface area contributed by atoms with Crippen molar-refractivity contribution in [1.82, 2.24) is 0 Å². The van der Waals surface area contributed by atoms with Crippen molar-refractivity contribution in [2.24, 2.45) is 0 Å². The third-order valence-electron chi connectivity index (χ3n) is 1.13. The van der Waals surface area contributed by atoms with Gasteiger partial charge < -0.3 is 13.9 Å². The maximum atomic E-state index is 5.32. The Morgan fingerprint density at radius 2 is 1.90 bits per heavy atom. The van der Waals surface area contributed by atoms with Gasteiger partial charge in [0, 0.05) is 14.2 Å². The molecular formula is C6H16O3Si. The van der Waals surface area contributed by atoms with Crippen LogP contribution in [0, 0.1) is 0 Å². The molecule has 0 rings (SSSR count). The van der Waals surface area contributed by atoms with E-state index in [1.54, 1.807) is 14.2 Å². The van der Waals surface area contributed by atoms with Crippen molar-refractivity contribution in [3.05, 3.63) is 0 Å². The summed E-state index contributed by atoms with van der Waals surface area (Å²) in [6.45, 7) is 2.70. The normalized spacial score (nSPS) is 12.0. The lowest BCUT2D eigenvalue weighted by molar-refractivity contribution is -0.121. The maximum Gasteiger partial charge on any atom is 0.178 e. The minimum Gasteiger partial charge on any atom is -0.419 e. The first-order valence-electron chi connectivity index (χ1n) is 3.48. The average Bonchev–Trinajstić information content (AvgIpc) is 1.99. The number of ether oxygens (including phenoxy) is 2. The van der Waals surface area contributed by atoms with E-state index in [1.807, 2.05) is 0 Å². The Bertz CT molecular complexity index is 66.0. The van der Waals surface area contributed by atoms with E-state index < -0.39 is 0 Å². The van der Waals surface area contributed by atoms with E-state index in [1.165, 1.54) is 6.04 Å². The lowest BCUT2D eigenvalue weighted by Gasteiger charge is -2.12. The number of hydrogen-bond donors (Lipinski definition) is 0. The van der Waals surface area contributed by atoms with Crippen molar-refractivity contribution < 1.29 is 13.9 Å². The van der Waals surface area contributed by atoms with Gasteiger partial charge in [-0.1, -0.05) is 6.92 Å². The molecule has 62 valence electrons. The fourth-order valence-electron chi connectivity index (χ4n) is 0.556. The zero-order chi connectivity index (χ0) is 7.82. The summed E-state index contributed by atoms with van der Waals surface area (Å²) in [5.74, 6) is 0. The second-order valence-electron chi connectivity index (χ2n) is 1.98. The molecule has 0 fully saturated rings. The molecule has 0 amide bonds. The van der Waals surface area contributed by atoms with E-state index in [-0.39, 0.29) is 16.1 Å². The largest absolute Gasteiger partial charge is 0.419 e. The van der Waals surface area contributed by atoms with Crippen LogP contribution >= 0.6 is 0 Å². The van der Waals surface area contributed by atoms with Crippen LogP contribution in [0.15, 0.2) is 0 Å². The van der Waals surface area contributed by atoms with E-state index in [2.05, 4.69) is 6.92 Å². The molecule has 10 heavy (non-hydrogen) atoms. The van der Waals surface area contributed by atoms with Crippen LogP contribution < -0.4 is 0 Å². The molecule has 0 aromatic rings. The van der Waals surface area contributed by atoms with E-state index >= 15 is 0 Å². The van der Waals surface area contributed by atoms with Crippen LogP contribution in [0.2, 0.25) is 6.04 Å².